The van der Waals surface area contributed by atoms with Gasteiger partial charge in [-0.05, 0) is 79.7 Å². The van der Waals surface area contributed by atoms with E-state index in [1.165, 1.54) is 49.5 Å². The van der Waals surface area contributed by atoms with E-state index in [1.807, 2.05) is 6.07 Å². The van der Waals surface area contributed by atoms with E-state index >= 15 is 0 Å². The lowest BCUT2D eigenvalue weighted by atomic mass is 9.88. The van der Waals surface area contributed by atoms with Gasteiger partial charge in [0.25, 0.3) is 0 Å². The summed E-state index contributed by atoms with van der Waals surface area (Å²) in [5.74, 6) is 0. The molecular weight excluding hydrogens is 548 g/mol. The molecule has 45 heavy (non-hydrogen) atoms. The number of hydrogen-bond donors (Lipinski definition) is 0. The summed E-state index contributed by atoms with van der Waals surface area (Å²) in [6, 6.07) is 47.6. The van der Waals surface area contributed by atoms with E-state index in [0.29, 0.717) is 0 Å². The van der Waals surface area contributed by atoms with Crippen molar-refractivity contribution >= 4 is 76.3 Å². The number of nitrogens with zero attached hydrogens (tertiary/aromatic N) is 2. The standard InChI is InChI=1S/C42H22N2O/c1-2-10-27-23(7-1)16-19-33-41(27)44-42-28-18-15-26(21-25(28)17-20-34(42)43-33)38-39-31-13-6-9-24-8-5-12-29(37(24)31)32(39)22-36-40(38)30-11-3-4-14-35(30)45-36/h1-22H. The molecule has 2 aromatic heterocycles. The highest BCUT2D eigenvalue weighted by Gasteiger charge is 2.28. The van der Waals surface area contributed by atoms with Crippen LogP contribution in [0.4, 0.5) is 0 Å². The Labute approximate surface area is 257 Å². The van der Waals surface area contributed by atoms with Gasteiger partial charge in [-0.15, -0.1) is 0 Å². The highest BCUT2D eigenvalue weighted by atomic mass is 16.3. The summed E-state index contributed by atoms with van der Waals surface area (Å²) in [7, 11) is 0. The van der Waals surface area contributed by atoms with Crippen LogP contribution >= 0.6 is 0 Å². The molecule has 11 rings (SSSR count). The molecule has 0 atom stereocenters. The molecule has 2 heterocycles. The number of aromatic nitrogens is 2. The average molecular weight is 571 g/mol. The number of rotatable bonds is 1. The maximum Gasteiger partial charge on any atom is 0.136 e. The Balaban J connectivity index is 1.24. The van der Waals surface area contributed by atoms with E-state index in [0.717, 1.165) is 60.2 Å². The molecule has 10 aromatic rings. The van der Waals surface area contributed by atoms with Crippen LogP contribution in [-0.4, -0.2) is 9.97 Å². The third kappa shape index (κ3) is 3.04. The Kier molecular flexibility index (Phi) is 4.32. The molecule has 0 saturated heterocycles. The minimum absolute atomic E-state index is 0.906. The highest BCUT2D eigenvalue weighted by molar-refractivity contribution is 6.26. The Morgan fingerprint density at radius 1 is 0.400 bits per heavy atom. The molecule has 0 saturated carbocycles. The number of fused-ring (bicyclic) bond motifs is 12. The molecule has 3 nitrogen and oxygen atoms in total. The molecule has 1 aliphatic rings. The lowest BCUT2D eigenvalue weighted by Crippen LogP contribution is -1.91. The number of benzene rings is 8. The first-order valence-corrected chi connectivity index (χ1v) is 15.3. The smallest absolute Gasteiger partial charge is 0.136 e. The highest BCUT2D eigenvalue weighted by Crippen LogP contribution is 2.55. The fourth-order valence-corrected chi connectivity index (χ4v) is 7.80. The summed E-state index contributed by atoms with van der Waals surface area (Å²) in [5.41, 5.74) is 12.9. The molecule has 1 aliphatic carbocycles. The molecule has 206 valence electrons. The van der Waals surface area contributed by atoms with Crippen molar-refractivity contribution in [2.45, 2.75) is 0 Å². The van der Waals surface area contributed by atoms with Gasteiger partial charge in [-0.3, -0.25) is 0 Å². The molecule has 0 N–H and O–H groups in total. The molecule has 3 heteroatoms. The van der Waals surface area contributed by atoms with Crippen molar-refractivity contribution in [3.05, 3.63) is 133 Å². The van der Waals surface area contributed by atoms with Crippen LogP contribution < -0.4 is 0 Å². The Morgan fingerprint density at radius 3 is 1.98 bits per heavy atom. The van der Waals surface area contributed by atoms with Crippen molar-refractivity contribution in [3.63, 3.8) is 0 Å². The summed E-state index contributed by atoms with van der Waals surface area (Å²) in [6.07, 6.45) is 0. The molecule has 0 aliphatic heterocycles. The van der Waals surface area contributed by atoms with Crippen LogP contribution in [0.5, 0.6) is 0 Å². The molecule has 0 bridgehead atoms. The summed E-state index contributed by atoms with van der Waals surface area (Å²) in [4.78, 5) is 10.3. The van der Waals surface area contributed by atoms with Crippen LogP contribution in [0.15, 0.2) is 138 Å². The van der Waals surface area contributed by atoms with Gasteiger partial charge in [-0.1, -0.05) is 103 Å². The minimum atomic E-state index is 0.906. The van der Waals surface area contributed by atoms with Crippen molar-refractivity contribution in [2.24, 2.45) is 0 Å². The van der Waals surface area contributed by atoms with Gasteiger partial charge in [-0.2, -0.15) is 0 Å². The van der Waals surface area contributed by atoms with Crippen molar-refractivity contribution in [1.82, 2.24) is 9.97 Å². The fourth-order valence-electron chi connectivity index (χ4n) is 7.80. The van der Waals surface area contributed by atoms with Crippen molar-refractivity contribution in [3.8, 4) is 33.4 Å². The zero-order chi connectivity index (χ0) is 29.2. The SMILES string of the molecule is c1cc2c3c(cccc3c1)-c1c-2cc2oc3ccccc3c2c1-c1ccc2c(ccc3nc4ccc5ccccc5c4nc32)c1. The van der Waals surface area contributed by atoms with Gasteiger partial charge in [0.1, 0.15) is 11.2 Å². The first-order chi connectivity index (χ1) is 22.3. The van der Waals surface area contributed by atoms with E-state index in [1.54, 1.807) is 0 Å². The maximum absolute atomic E-state index is 6.54. The molecule has 0 unspecified atom stereocenters. The molecule has 0 radical (unpaired) electrons. The minimum Gasteiger partial charge on any atom is -0.456 e. The van der Waals surface area contributed by atoms with Gasteiger partial charge in [0.2, 0.25) is 0 Å². The van der Waals surface area contributed by atoms with Crippen LogP contribution in [0, 0.1) is 0 Å². The van der Waals surface area contributed by atoms with Crippen molar-refractivity contribution in [2.75, 3.05) is 0 Å². The summed E-state index contributed by atoms with van der Waals surface area (Å²) in [5, 5.41) is 9.41. The van der Waals surface area contributed by atoms with E-state index in [9.17, 15) is 0 Å². The summed E-state index contributed by atoms with van der Waals surface area (Å²) < 4.78 is 6.54. The topological polar surface area (TPSA) is 38.9 Å². The normalized spacial score (nSPS) is 12.4. The third-order valence-electron chi connectivity index (χ3n) is 9.73. The van der Waals surface area contributed by atoms with Gasteiger partial charge >= 0.3 is 0 Å². The predicted molar refractivity (Wildman–Crippen MR) is 187 cm³/mol. The second kappa shape index (κ2) is 8.31. The Morgan fingerprint density at radius 2 is 1.11 bits per heavy atom. The molecule has 0 spiro atoms. The summed E-state index contributed by atoms with van der Waals surface area (Å²) in [6.45, 7) is 0. The molecule has 8 aromatic carbocycles. The number of hydrogen-bond acceptors (Lipinski definition) is 3. The van der Waals surface area contributed by atoms with Crippen LogP contribution in [0.1, 0.15) is 0 Å². The molecule has 0 fully saturated rings. The zero-order valence-corrected chi connectivity index (χ0v) is 24.0. The lowest BCUT2D eigenvalue weighted by Gasteiger charge is -2.14. The molecule has 0 amide bonds. The first-order valence-electron chi connectivity index (χ1n) is 15.3. The van der Waals surface area contributed by atoms with Gasteiger partial charge in [0, 0.05) is 27.1 Å². The van der Waals surface area contributed by atoms with Gasteiger partial charge in [-0.25, -0.2) is 9.97 Å². The maximum atomic E-state index is 6.54. The van der Waals surface area contributed by atoms with Gasteiger partial charge in [0.15, 0.2) is 0 Å². The monoisotopic (exact) mass is 570 g/mol. The average Bonchev–Trinajstić information content (AvgIpc) is 3.63. The van der Waals surface area contributed by atoms with Crippen molar-refractivity contribution < 1.29 is 4.42 Å². The fraction of sp³-hybridized carbons (Fsp3) is 0. The van der Waals surface area contributed by atoms with Crippen LogP contribution in [0.2, 0.25) is 0 Å². The van der Waals surface area contributed by atoms with Crippen LogP contribution in [0.3, 0.4) is 0 Å². The third-order valence-corrected chi connectivity index (χ3v) is 9.73. The lowest BCUT2D eigenvalue weighted by molar-refractivity contribution is 0.669. The second-order valence-electron chi connectivity index (χ2n) is 12.1. The van der Waals surface area contributed by atoms with E-state index < -0.39 is 0 Å². The van der Waals surface area contributed by atoms with E-state index in [2.05, 4.69) is 127 Å². The largest absolute Gasteiger partial charge is 0.456 e. The van der Waals surface area contributed by atoms with Gasteiger partial charge < -0.3 is 4.42 Å². The number of para-hydroxylation sites is 1. The quantitative estimate of drug-likeness (QED) is 0.146. The van der Waals surface area contributed by atoms with Crippen LogP contribution in [-0.2, 0) is 0 Å². The predicted octanol–water partition coefficient (Wildman–Crippen LogP) is 11.5. The summed E-state index contributed by atoms with van der Waals surface area (Å²) >= 11 is 0. The molecular formula is C42H22N2O. The Hall–Kier alpha value is -6.06. The van der Waals surface area contributed by atoms with E-state index in [4.69, 9.17) is 14.4 Å². The second-order valence-corrected chi connectivity index (χ2v) is 12.1. The number of furan rings is 1. The first kappa shape index (κ1) is 23.4. The Bertz CT molecular complexity index is 2930. The van der Waals surface area contributed by atoms with Gasteiger partial charge in [0.05, 0.1) is 22.1 Å². The van der Waals surface area contributed by atoms with Crippen molar-refractivity contribution in [1.29, 1.82) is 0 Å². The van der Waals surface area contributed by atoms with Crippen LogP contribution in [0.25, 0.3) is 110 Å². The van der Waals surface area contributed by atoms with E-state index in [-0.39, 0.29) is 0 Å². The zero-order valence-electron chi connectivity index (χ0n) is 24.0.